The van der Waals surface area contributed by atoms with Crippen LogP contribution in [0.15, 0.2) is 60.7 Å². The van der Waals surface area contributed by atoms with Gasteiger partial charge >= 0.3 is 0 Å². The van der Waals surface area contributed by atoms with Gasteiger partial charge < -0.3 is 33.9 Å². The number of para-hydroxylation sites is 2. The Kier molecular flexibility index (Phi) is 7.82. The van der Waals surface area contributed by atoms with Crippen molar-refractivity contribution in [1.82, 2.24) is 4.90 Å². The number of rotatable bonds is 8. The molecule has 1 N–H and O–H groups in total. The number of anilines is 1. The molecule has 0 fully saturated rings. The Morgan fingerprint density at radius 3 is 2.17 bits per heavy atom. The fourth-order valence-electron chi connectivity index (χ4n) is 4.23. The molecular formula is C27H30N2O5S. The molecule has 3 aromatic carbocycles. The minimum Gasteiger partial charge on any atom is -0.497 e. The predicted molar refractivity (Wildman–Crippen MR) is 140 cm³/mol. The summed E-state index contributed by atoms with van der Waals surface area (Å²) in [6, 6.07) is 19.2. The maximum absolute atomic E-state index is 6.27. The Balaban J connectivity index is 1.64. The highest BCUT2D eigenvalue weighted by atomic mass is 32.1. The molecule has 0 unspecified atom stereocenters. The highest BCUT2D eigenvalue weighted by molar-refractivity contribution is 7.80. The van der Waals surface area contributed by atoms with Gasteiger partial charge in [0.05, 0.1) is 34.5 Å². The van der Waals surface area contributed by atoms with E-state index in [0.29, 0.717) is 34.7 Å². The van der Waals surface area contributed by atoms with Crippen LogP contribution in [0.25, 0.3) is 0 Å². The molecule has 1 atom stereocenters. The fourth-order valence-corrected chi connectivity index (χ4v) is 4.56. The zero-order chi connectivity index (χ0) is 24.8. The number of hydrogen-bond acceptors (Lipinski definition) is 6. The molecule has 0 amide bonds. The summed E-state index contributed by atoms with van der Waals surface area (Å²) in [6.45, 7) is 1.09. The summed E-state index contributed by atoms with van der Waals surface area (Å²) in [5.74, 6) is 3.53. The van der Waals surface area contributed by atoms with E-state index in [1.807, 2.05) is 60.7 Å². The number of nitrogens with one attached hydrogen (secondary N) is 1. The molecule has 1 heterocycles. The number of methoxy groups -OCH3 is 4. The molecule has 0 aliphatic carbocycles. The SMILES string of the molecule is COc1ccc(NC(=S)N2CCc3cc(OC)c(OC)cc3[C@@H]2COc2ccccc2OC)cc1. The minimum absolute atomic E-state index is 0.151. The summed E-state index contributed by atoms with van der Waals surface area (Å²) in [7, 11) is 6.57. The van der Waals surface area contributed by atoms with Gasteiger partial charge in [-0.25, -0.2) is 0 Å². The highest BCUT2D eigenvalue weighted by Crippen LogP contribution is 2.39. The number of ether oxygens (including phenoxy) is 5. The molecule has 0 saturated heterocycles. The Hall–Kier alpha value is -3.65. The summed E-state index contributed by atoms with van der Waals surface area (Å²) in [4.78, 5) is 2.16. The molecule has 8 heteroatoms. The Morgan fingerprint density at radius 1 is 0.857 bits per heavy atom. The van der Waals surface area contributed by atoms with Gasteiger partial charge in [-0.15, -0.1) is 0 Å². The quantitative estimate of drug-likeness (QED) is 0.434. The second kappa shape index (κ2) is 11.2. The standard InChI is InChI=1S/C27H30N2O5S/c1-30-20-11-9-19(10-12-20)28-27(35)29-14-13-18-15-25(32-3)26(33-4)16-21(18)22(29)17-34-24-8-6-5-7-23(24)31-2/h5-12,15-16,22H,13-14,17H2,1-4H3,(H,28,35)/t22-/m0/s1. The summed E-state index contributed by atoms with van der Waals surface area (Å²) in [5, 5.41) is 3.98. The molecule has 0 saturated carbocycles. The van der Waals surface area contributed by atoms with E-state index in [9.17, 15) is 0 Å². The van der Waals surface area contributed by atoms with E-state index in [2.05, 4.69) is 10.2 Å². The topological polar surface area (TPSA) is 61.4 Å². The first-order chi connectivity index (χ1) is 17.1. The van der Waals surface area contributed by atoms with Crippen LogP contribution in [0.2, 0.25) is 0 Å². The lowest BCUT2D eigenvalue weighted by molar-refractivity contribution is 0.185. The van der Waals surface area contributed by atoms with Gasteiger partial charge in [0, 0.05) is 12.2 Å². The number of nitrogens with zero attached hydrogens (tertiary/aromatic N) is 1. The van der Waals surface area contributed by atoms with E-state index in [0.717, 1.165) is 30.0 Å². The van der Waals surface area contributed by atoms with Crippen molar-refractivity contribution in [3.63, 3.8) is 0 Å². The first-order valence-electron chi connectivity index (χ1n) is 11.3. The monoisotopic (exact) mass is 494 g/mol. The molecule has 0 radical (unpaired) electrons. The molecule has 7 nitrogen and oxygen atoms in total. The van der Waals surface area contributed by atoms with Crippen LogP contribution in [-0.2, 0) is 6.42 Å². The zero-order valence-corrected chi connectivity index (χ0v) is 21.2. The van der Waals surface area contributed by atoms with Crippen LogP contribution in [0.5, 0.6) is 28.7 Å². The van der Waals surface area contributed by atoms with E-state index >= 15 is 0 Å². The lowest BCUT2D eigenvalue weighted by atomic mass is 9.92. The van der Waals surface area contributed by atoms with Crippen LogP contribution in [0, 0.1) is 0 Å². The summed E-state index contributed by atoms with van der Waals surface area (Å²) >= 11 is 5.86. The molecule has 4 rings (SSSR count). The lowest BCUT2D eigenvalue weighted by Crippen LogP contribution is -2.44. The molecule has 0 bridgehead atoms. The van der Waals surface area contributed by atoms with Gasteiger partial charge in [0.1, 0.15) is 12.4 Å². The van der Waals surface area contributed by atoms with Crippen LogP contribution < -0.4 is 29.0 Å². The Bertz CT molecular complexity index is 1170. The maximum atomic E-state index is 6.27. The van der Waals surface area contributed by atoms with Crippen molar-refractivity contribution in [2.24, 2.45) is 0 Å². The smallest absolute Gasteiger partial charge is 0.174 e. The van der Waals surface area contributed by atoms with Gasteiger partial charge in [0.25, 0.3) is 0 Å². The fraction of sp³-hybridized carbons (Fsp3) is 0.296. The van der Waals surface area contributed by atoms with Crippen molar-refractivity contribution in [2.75, 3.05) is 46.9 Å². The van der Waals surface area contributed by atoms with Gasteiger partial charge in [-0.2, -0.15) is 0 Å². The number of fused-ring (bicyclic) bond motifs is 1. The molecule has 184 valence electrons. The minimum atomic E-state index is -0.151. The average Bonchev–Trinajstić information content (AvgIpc) is 2.91. The van der Waals surface area contributed by atoms with Gasteiger partial charge in [-0.1, -0.05) is 12.1 Å². The van der Waals surface area contributed by atoms with Crippen LogP contribution >= 0.6 is 12.2 Å². The second-order valence-electron chi connectivity index (χ2n) is 7.99. The van der Waals surface area contributed by atoms with Crippen molar-refractivity contribution < 1.29 is 23.7 Å². The van der Waals surface area contributed by atoms with Crippen molar-refractivity contribution in [2.45, 2.75) is 12.5 Å². The summed E-state index contributed by atoms with van der Waals surface area (Å²) in [5.41, 5.74) is 3.15. The third kappa shape index (κ3) is 5.38. The first-order valence-corrected chi connectivity index (χ1v) is 11.7. The van der Waals surface area contributed by atoms with E-state index in [4.69, 9.17) is 35.9 Å². The van der Waals surface area contributed by atoms with Crippen LogP contribution in [0.4, 0.5) is 5.69 Å². The number of hydrogen-bond donors (Lipinski definition) is 1. The molecule has 3 aromatic rings. The third-order valence-electron chi connectivity index (χ3n) is 6.07. The van der Waals surface area contributed by atoms with Crippen molar-refractivity contribution >= 4 is 23.0 Å². The third-order valence-corrected chi connectivity index (χ3v) is 6.41. The Labute approximate surface area is 211 Å². The van der Waals surface area contributed by atoms with Crippen molar-refractivity contribution in [3.05, 3.63) is 71.8 Å². The van der Waals surface area contributed by atoms with Gasteiger partial charge in [0.15, 0.2) is 28.1 Å². The van der Waals surface area contributed by atoms with E-state index in [1.165, 1.54) is 5.56 Å². The number of thiocarbonyl (C=S) groups is 1. The predicted octanol–water partition coefficient (Wildman–Crippen LogP) is 5.10. The van der Waals surface area contributed by atoms with Gasteiger partial charge in [-0.05, 0) is 78.3 Å². The lowest BCUT2D eigenvalue weighted by Gasteiger charge is -2.39. The molecule has 0 spiro atoms. The molecular weight excluding hydrogens is 464 g/mol. The number of benzene rings is 3. The molecule has 1 aliphatic heterocycles. The summed E-state index contributed by atoms with van der Waals surface area (Å²) in [6.07, 6.45) is 0.811. The van der Waals surface area contributed by atoms with Gasteiger partial charge in [0.2, 0.25) is 0 Å². The molecule has 0 aromatic heterocycles. The van der Waals surface area contributed by atoms with Crippen LogP contribution in [-0.4, -0.2) is 51.6 Å². The van der Waals surface area contributed by atoms with Crippen LogP contribution in [0.1, 0.15) is 17.2 Å². The highest BCUT2D eigenvalue weighted by Gasteiger charge is 2.31. The van der Waals surface area contributed by atoms with E-state index in [-0.39, 0.29) is 6.04 Å². The van der Waals surface area contributed by atoms with Crippen molar-refractivity contribution in [1.29, 1.82) is 0 Å². The largest absolute Gasteiger partial charge is 0.497 e. The van der Waals surface area contributed by atoms with Crippen LogP contribution in [0.3, 0.4) is 0 Å². The average molecular weight is 495 g/mol. The summed E-state index contributed by atoms with van der Waals surface area (Å²) < 4.78 is 28.1. The second-order valence-corrected chi connectivity index (χ2v) is 8.37. The van der Waals surface area contributed by atoms with E-state index < -0.39 is 0 Å². The molecule has 35 heavy (non-hydrogen) atoms. The van der Waals surface area contributed by atoms with E-state index in [1.54, 1.807) is 28.4 Å². The normalized spacial score (nSPS) is 14.5. The first kappa shape index (κ1) is 24.5. The van der Waals surface area contributed by atoms with Crippen molar-refractivity contribution in [3.8, 4) is 28.7 Å². The van der Waals surface area contributed by atoms with Gasteiger partial charge in [-0.3, -0.25) is 0 Å². The Morgan fingerprint density at radius 2 is 1.51 bits per heavy atom. The molecule has 1 aliphatic rings. The maximum Gasteiger partial charge on any atom is 0.174 e. The zero-order valence-electron chi connectivity index (χ0n) is 20.4.